The number of hydrogen-bond donors (Lipinski definition) is 1. The highest BCUT2D eigenvalue weighted by molar-refractivity contribution is 5.27. The molecule has 1 N–H and O–H groups in total. The monoisotopic (exact) mass is 145 g/mol. The van der Waals surface area contributed by atoms with Crippen molar-refractivity contribution in [1.29, 1.82) is 0 Å². The third kappa shape index (κ3) is 1.56. The van der Waals surface area contributed by atoms with Gasteiger partial charge in [-0.15, -0.1) is 0 Å². The molecule has 3 heteroatoms. The van der Waals surface area contributed by atoms with E-state index < -0.39 is 5.92 Å². The maximum absolute atomic E-state index is 12.5. The van der Waals surface area contributed by atoms with Crippen LogP contribution in [0.25, 0.3) is 0 Å². The molecular formula is C7H9F2N. The van der Waals surface area contributed by atoms with E-state index in [9.17, 15) is 8.78 Å². The summed E-state index contributed by atoms with van der Waals surface area (Å²) in [5.74, 6) is -2.70. The van der Waals surface area contributed by atoms with Crippen LogP contribution in [0.3, 0.4) is 0 Å². The third-order valence-corrected chi connectivity index (χ3v) is 1.33. The topological polar surface area (TPSA) is 12.0 Å². The molecule has 0 unspecified atom stereocenters. The van der Waals surface area contributed by atoms with Gasteiger partial charge in [-0.1, -0.05) is 6.08 Å². The van der Waals surface area contributed by atoms with Crippen LogP contribution in [0.5, 0.6) is 0 Å². The SMILES string of the molecule is CC(F)(F)C1=CCNC=C1. The van der Waals surface area contributed by atoms with Gasteiger partial charge in [-0.25, -0.2) is 8.78 Å². The van der Waals surface area contributed by atoms with E-state index in [1.165, 1.54) is 18.4 Å². The first kappa shape index (κ1) is 7.25. The lowest BCUT2D eigenvalue weighted by atomic mass is 10.1. The standard InChI is InChI=1S/C7H9F2N/c1-7(8,9)6-2-4-10-5-3-6/h2-4,10H,5H2,1H3. The van der Waals surface area contributed by atoms with Gasteiger partial charge >= 0.3 is 0 Å². The Kier molecular flexibility index (Phi) is 1.74. The zero-order chi connectivity index (χ0) is 7.61. The Hall–Kier alpha value is -0.860. The molecule has 1 aliphatic heterocycles. The van der Waals surface area contributed by atoms with Crippen molar-refractivity contribution in [2.75, 3.05) is 6.54 Å². The van der Waals surface area contributed by atoms with Crippen LogP contribution in [0.2, 0.25) is 0 Å². The Labute approximate surface area is 58.4 Å². The van der Waals surface area contributed by atoms with Crippen LogP contribution < -0.4 is 5.32 Å². The molecule has 0 aliphatic carbocycles. The molecule has 1 rings (SSSR count). The van der Waals surface area contributed by atoms with Gasteiger partial charge in [0.1, 0.15) is 0 Å². The van der Waals surface area contributed by atoms with Gasteiger partial charge in [0.15, 0.2) is 0 Å². The molecule has 0 atom stereocenters. The Balaban J connectivity index is 2.73. The average molecular weight is 145 g/mol. The molecule has 0 saturated heterocycles. The molecule has 0 spiro atoms. The molecule has 1 aliphatic rings. The average Bonchev–Trinajstić information content (AvgIpc) is 1.88. The number of dihydropyridines is 1. The van der Waals surface area contributed by atoms with E-state index in [2.05, 4.69) is 5.32 Å². The summed E-state index contributed by atoms with van der Waals surface area (Å²) < 4.78 is 24.9. The molecule has 56 valence electrons. The first-order valence-electron chi connectivity index (χ1n) is 3.09. The maximum Gasteiger partial charge on any atom is 0.270 e. The molecule has 0 bridgehead atoms. The molecule has 1 nitrogen and oxygen atoms in total. The van der Waals surface area contributed by atoms with Crippen LogP contribution in [0.1, 0.15) is 6.92 Å². The Morgan fingerprint density at radius 3 is 2.60 bits per heavy atom. The second-order valence-electron chi connectivity index (χ2n) is 2.29. The first-order chi connectivity index (χ1) is 4.61. The number of rotatable bonds is 1. The van der Waals surface area contributed by atoms with E-state index in [4.69, 9.17) is 0 Å². The fourth-order valence-corrected chi connectivity index (χ4v) is 0.779. The van der Waals surface area contributed by atoms with Crippen molar-refractivity contribution in [1.82, 2.24) is 5.32 Å². The second-order valence-corrected chi connectivity index (χ2v) is 2.29. The Bertz CT molecular complexity index is 177. The highest BCUT2D eigenvalue weighted by Crippen LogP contribution is 2.24. The van der Waals surface area contributed by atoms with Crippen LogP contribution >= 0.6 is 0 Å². The zero-order valence-corrected chi connectivity index (χ0v) is 5.70. The Morgan fingerprint density at radius 1 is 1.60 bits per heavy atom. The van der Waals surface area contributed by atoms with Gasteiger partial charge in [0.2, 0.25) is 0 Å². The lowest BCUT2D eigenvalue weighted by Crippen LogP contribution is -2.18. The number of halogens is 2. The largest absolute Gasteiger partial charge is 0.387 e. The van der Waals surface area contributed by atoms with Crippen molar-refractivity contribution in [3.63, 3.8) is 0 Å². The van der Waals surface area contributed by atoms with Crippen LogP contribution in [-0.2, 0) is 0 Å². The van der Waals surface area contributed by atoms with Gasteiger partial charge in [-0.05, 0) is 12.3 Å². The molecule has 10 heavy (non-hydrogen) atoms. The van der Waals surface area contributed by atoms with Crippen LogP contribution in [0.4, 0.5) is 8.78 Å². The van der Waals surface area contributed by atoms with Gasteiger partial charge in [0, 0.05) is 19.0 Å². The molecular weight excluding hydrogens is 136 g/mol. The van der Waals surface area contributed by atoms with Crippen molar-refractivity contribution in [2.24, 2.45) is 0 Å². The first-order valence-corrected chi connectivity index (χ1v) is 3.09. The summed E-state index contributed by atoms with van der Waals surface area (Å²) in [5.41, 5.74) is 0.0891. The molecule has 1 heterocycles. The van der Waals surface area contributed by atoms with Gasteiger partial charge in [-0.2, -0.15) is 0 Å². The maximum atomic E-state index is 12.5. The predicted octanol–water partition coefficient (Wildman–Crippen LogP) is 1.68. The molecule has 0 radical (unpaired) electrons. The molecule has 0 fully saturated rings. The molecule has 0 aromatic rings. The lowest BCUT2D eigenvalue weighted by molar-refractivity contribution is 0.0669. The van der Waals surface area contributed by atoms with Gasteiger partial charge in [0.25, 0.3) is 5.92 Å². The molecule has 0 amide bonds. The quantitative estimate of drug-likeness (QED) is 0.592. The van der Waals surface area contributed by atoms with E-state index in [-0.39, 0.29) is 5.57 Å². The summed E-state index contributed by atoms with van der Waals surface area (Å²) in [5, 5.41) is 2.80. The van der Waals surface area contributed by atoms with Gasteiger partial charge < -0.3 is 5.32 Å². The smallest absolute Gasteiger partial charge is 0.270 e. The summed E-state index contributed by atoms with van der Waals surface area (Å²) in [6.07, 6.45) is 4.41. The van der Waals surface area contributed by atoms with E-state index >= 15 is 0 Å². The highest BCUT2D eigenvalue weighted by atomic mass is 19.3. The number of hydrogen-bond acceptors (Lipinski definition) is 1. The summed E-state index contributed by atoms with van der Waals surface area (Å²) in [7, 11) is 0. The fraction of sp³-hybridized carbons (Fsp3) is 0.429. The summed E-state index contributed by atoms with van der Waals surface area (Å²) in [6, 6.07) is 0. The van der Waals surface area contributed by atoms with Gasteiger partial charge in [0.05, 0.1) is 0 Å². The van der Waals surface area contributed by atoms with Crippen molar-refractivity contribution >= 4 is 0 Å². The predicted molar refractivity (Wildman–Crippen MR) is 35.8 cm³/mol. The van der Waals surface area contributed by atoms with E-state index in [1.807, 2.05) is 0 Å². The summed E-state index contributed by atoms with van der Waals surface area (Å²) in [6.45, 7) is 1.39. The minimum atomic E-state index is -2.70. The number of nitrogens with one attached hydrogen (secondary N) is 1. The zero-order valence-electron chi connectivity index (χ0n) is 5.70. The van der Waals surface area contributed by atoms with Gasteiger partial charge in [-0.3, -0.25) is 0 Å². The Morgan fingerprint density at radius 2 is 2.30 bits per heavy atom. The van der Waals surface area contributed by atoms with Crippen LogP contribution in [-0.4, -0.2) is 12.5 Å². The second kappa shape index (κ2) is 2.40. The lowest BCUT2D eigenvalue weighted by Gasteiger charge is -2.14. The fourth-order valence-electron chi connectivity index (χ4n) is 0.779. The third-order valence-electron chi connectivity index (χ3n) is 1.33. The van der Waals surface area contributed by atoms with Crippen molar-refractivity contribution < 1.29 is 8.78 Å². The van der Waals surface area contributed by atoms with Crippen LogP contribution in [0.15, 0.2) is 23.9 Å². The van der Waals surface area contributed by atoms with Crippen LogP contribution in [0, 0.1) is 0 Å². The van der Waals surface area contributed by atoms with Crippen molar-refractivity contribution in [2.45, 2.75) is 12.8 Å². The van der Waals surface area contributed by atoms with E-state index in [0.29, 0.717) is 6.54 Å². The van der Waals surface area contributed by atoms with Crippen molar-refractivity contribution in [3.8, 4) is 0 Å². The number of alkyl halides is 2. The molecule has 0 saturated carbocycles. The normalized spacial score (nSPS) is 18.1. The number of allylic oxidation sites excluding steroid dienone is 2. The molecule has 0 aromatic carbocycles. The van der Waals surface area contributed by atoms with Crippen molar-refractivity contribution in [3.05, 3.63) is 23.9 Å². The highest BCUT2D eigenvalue weighted by Gasteiger charge is 2.25. The minimum Gasteiger partial charge on any atom is -0.387 e. The molecule has 0 aromatic heterocycles. The summed E-state index contributed by atoms with van der Waals surface area (Å²) >= 11 is 0. The minimum absolute atomic E-state index is 0.0891. The summed E-state index contributed by atoms with van der Waals surface area (Å²) in [4.78, 5) is 0. The van der Waals surface area contributed by atoms with E-state index in [1.54, 1.807) is 0 Å². The van der Waals surface area contributed by atoms with E-state index in [0.717, 1.165) is 6.92 Å².